The molecule has 20 heavy (non-hydrogen) atoms. The van der Waals surface area contributed by atoms with Crippen LogP contribution in [0.4, 0.5) is 0 Å². The summed E-state index contributed by atoms with van der Waals surface area (Å²) in [6, 6.07) is 8.47. The van der Waals surface area contributed by atoms with Gasteiger partial charge in [0.15, 0.2) is 0 Å². The molecule has 1 aromatic heterocycles. The minimum Gasteiger partial charge on any atom is -0.337 e. The predicted octanol–water partition coefficient (Wildman–Crippen LogP) is 0.911. The van der Waals surface area contributed by atoms with Gasteiger partial charge in [0.1, 0.15) is 5.82 Å². The van der Waals surface area contributed by atoms with E-state index in [2.05, 4.69) is 9.71 Å². The number of hydrogen-bond acceptors (Lipinski definition) is 4. The second-order valence-electron chi connectivity index (χ2n) is 4.34. The van der Waals surface area contributed by atoms with Crippen LogP contribution in [0.2, 0.25) is 0 Å². The molecule has 6 nitrogen and oxygen atoms in total. The van der Waals surface area contributed by atoms with Crippen molar-refractivity contribution in [1.29, 1.82) is 5.26 Å². The van der Waals surface area contributed by atoms with Crippen molar-refractivity contribution in [3.8, 4) is 6.07 Å². The van der Waals surface area contributed by atoms with E-state index in [-0.39, 0.29) is 12.3 Å². The number of nitrogens with zero attached hydrogens (tertiary/aromatic N) is 3. The van der Waals surface area contributed by atoms with Crippen molar-refractivity contribution >= 4 is 10.0 Å². The molecule has 2 rings (SSSR count). The zero-order valence-corrected chi connectivity index (χ0v) is 11.8. The monoisotopic (exact) mass is 290 g/mol. The maximum absolute atomic E-state index is 11.9. The average Bonchev–Trinajstić information content (AvgIpc) is 2.83. The van der Waals surface area contributed by atoms with Gasteiger partial charge in [0, 0.05) is 19.4 Å². The lowest BCUT2D eigenvalue weighted by atomic mass is 10.2. The molecule has 0 saturated carbocycles. The molecule has 0 radical (unpaired) electrons. The zero-order chi connectivity index (χ0) is 14.6. The summed E-state index contributed by atoms with van der Waals surface area (Å²) in [7, 11) is -1.63. The lowest BCUT2D eigenvalue weighted by molar-refractivity contribution is 0.576. The smallest absolute Gasteiger partial charge is 0.216 e. The molecule has 0 aliphatic rings. The molecule has 0 fully saturated rings. The maximum Gasteiger partial charge on any atom is 0.216 e. The minimum atomic E-state index is -3.43. The number of imidazole rings is 1. The number of nitrogens with one attached hydrogen (secondary N) is 1. The highest BCUT2D eigenvalue weighted by Crippen LogP contribution is 2.07. The van der Waals surface area contributed by atoms with Crippen LogP contribution in [0.1, 0.15) is 17.0 Å². The highest BCUT2D eigenvalue weighted by atomic mass is 32.2. The lowest BCUT2D eigenvalue weighted by Crippen LogP contribution is -2.26. The predicted molar refractivity (Wildman–Crippen MR) is 73.8 cm³/mol. The fourth-order valence-corrected chi connectivity index (χ4v) is 2.77. The van der Waals surface area contributed by atoms with E-state index in [0.717, 1.165) is 0 Å². The highest BCUT2D eigenvalue weighted by Gasteiger charge is 2.12. The number of rotatable bonds is 5. The molecule has 0 saturated heterocycles. The summed E-state index contributed by atoms with van der Waals surface area (Å²) in [5, 5.41) is 8.69. The van der Waals surface area contributed by atoms with Crippen LogP contribution in [-0.4, -0.2) is 18.0 Å². The molecule has 1 heterocycles. The van der Waals surface area contributed by atoms with E-state index >= 15 is 0 Å². The van der Waals surface area contributed by atoms with E-state index in [1.54, 1.807) is 48.3 Å². The Hall–Kier alpha value is -2.17. The molecule has 1 N–H and O–H groups in total. The number of hydrogen-bond donors (Lipinski definition) is 1. The molecule has 0 amide bonds. The number of aromatic nitrogens is 2. The summed E-state index contributed by atoms with van der Waals surface area (Å²) in [6.07, 6.45) is 3.37. The van der Waals surface area contributed by atoms with Crippen molar-refractivity contribution in [2.24, 2.45) is 7.05 Å². The van der Waals surface area contributed by atoms with Crippen molar-refractivity contribution in [3.63, 3.8) is 0 Å². The van der Waals surface area contributed by atoms with Gasteiger partial charge in [-0.15, -0.1) is 0 Å². The van der Waals surface area contributed by atoms with Gasteiger partial charge in [0.05, 0.1) is 23.9 Å². The van der Waals surface area contributed by atoms with Crippen LogP contribution in [-0.2, 0) is 29.4 Å². The van der Waals surface area contributed by atoms with E-state index in [1.807, 2.05) is 6.07 Å². The highest BCUT2D eigenvalue weighted by molar-refractivity contribution is 7.88. The van der Waals surface area contributed by atoms with E-state index in [0.29, 0.717) is 17.0 Å². The van der Waals surface area contributed by atoms with Crippen LogP contribution in [0.25, 0.3) is 0 Å². The number of benzene rings is 1. The zero-order valence-electron chi connectivity index (χ0n) is 10.9. The van der Waals surface area contributed by atoms with Crippen molar-refractivity contribution in [1.82, 2.24) is 14.3 Å². The Balaban J connectivity index is 2.00. The summed E-state index contributed by atoms with van der Waals surface area (Å²) in [4.78, 5) is 4.05. The minimum absolute atomic E-state index is 0.122. The van der Waals surface area contributed by atoms with Crippen LogP contribution >= 0.6 is 0 Å². The Morgan fingerprint density at radius 3 is 2.60 bits per heavy atom. The molecule has 0 unspecified atom stereocenters. The third-order valence-electron chi connectivity index (χ3n) is 2.81. The van der Waals surface area contributed by atoms with Crippen molar-refractivity contribution < 1.29 is 8.42 Å². The number of aryl methyl sites for hydroxylation is 1. The van der Waals surface area contributed by atoms with Gasteiger partial charge in [0.25, 0.3) is 0 Å². The Labute approximate surface area is 117 Å². The maximum atomic E-state index is 11.9. The van der Waals surface area contributed by atoms with Crippen LogP contribution < -0.4 is 4.72 Å². The molecular weight excluding hydrogens is 276 g/mol. The van der Waals surface area contributed by atoms with Gasteiger partial charge in [-0.1, -0.05) is 12.1 Å². The van der Waals surface area contributed by atoms with Crippen LogP contribution in [0, 0.1) is 11.3 Å². The molecule has 0 aliphatic heterocycles. The molecular formula is C13H14N4O2S. The first-order valence-electron chi connectivity index (χ1n) is 5.93. The molecule has 104 valence electrons. The van der Waals surface area contributed by atoms with E-state index in [1.165, 1.54) is 0 Å². The van der Waals surface area contributed by atoms with E-state index in [4.69, 9.17) is 5.26 Å². The molecule has 0 atom stereocenters. The Kier molecular flexibility index (Phi) is 4.17. The van der Waals surface area contributed by atoms with Gasteiger partial charge < -0.3 is 4.57 Å². The van der Waals surface area contributed by atoms with Gasteiger partial charge >= 0.3 is 0 Å². The second-order valence-corrected chi connectivity index (χ2v) is 6.15. The lowest BCUT2D eigenvalue weighted by Gasteiger charge is -2.07. The third-order valence-corrected chi connectivity index (χ3v) is 4.11. The van der Waals surface area contributed by atoms with Crippen molar-refractivity contribution in [2.45, 2.75) is 12.3 Å². The topological polar surface area (TPSA) is 87.8 Å². The van der Waals surface area contributed by atoms with Gasteiger partial charge in [-0.25, -0.2) is 18.1 Å². The quantitative estimate of drug-likeness (QED) is 0.886. The van der Waals surface area contributed by atoms with E-state index < -0.39 is 10.0 Å². The summed E-state index contributed by atoms with van der Waals surface area (Å²) >= 11 is 0. The normalized spacial score (nSPS) is 11.2. The summed E-state index contributed by atoms with van der Waals surface area (Å²) in [5.41, 5.74) is 1.14. The summed E-state index contributed by atoms with van der Waals surface area (Å²) < 4.78 is 28.2. The summed E-state index contributed by atoms with van der Waals surface area (Å²) in [5.74, 6) is 0.525. The third kappa shape index (κ3) is 3.66. The molecule has 1 aromatic carbocycles. The number of nitriles is 1. The van der Waals surface area contributed by atoms with Gasteiger partial charge in [-0.2, -0.15) is 5.26 Å². The van der Waals surface area contributed by atoms with Crippen molar-refractivity contribution in [2.75, 3.05) is 0 Å². The molecule has 0 bridgehead atoms. The summed E-state index contributed by atoms with van der Waals surface area (Å²) in [6.45, 7) is 0.155. The van der Waals surface area contributed by atoms with Gasteiger partial charge in [-0.3, -0.25) is 0 Å². The molecule has 0 aliphatic carbocycles. The van der Waals surface area contributed by atoms with E-state index in [9.17, 15) is 8.42 Å². The van der Waals surface area contributed by atoms with Crippen LogP contribution in [0.15, 0.2) is 36.7 Å². The first-order valence-corrected chi connectivity index (χ1v) is 7.58. The second kappa shape index (κ2) is 5.86. The van der Waals surface area contributed by atoms with Crippen LogP contribution in [0.5, 0.6) is 0 Å². The Morgan fingerprint density at radius 2 is 2.05 bits per heavy atom. The van der Waals surface area contributed by atoms with Gasteiger partial charge in [-0.05, 0) is 17.7 Å². The molecule has 7 heteroatoms. The first kappa shape index (κ1) is 14.2. The molecule has 0 spiro atoms. The molecule has 2 aromatic rings. The Morgan fingerprint density at radius 1 is 1.35 bits per heavy atom. The Bertz CT molecular complexity index is 726. The van der Waals surface area contributed by atoms with Gasteiger partial charge in [0.2, 0.25) is 10.0 Å². The fraction of sp³-hybridized carbons (Fsp3) is 0.231. The van der Waals surface area contributed by atoms with Crippen LogP contribution in [0.3, 0.4) is 0 Å². The number of sulfonamides is 1. The SMILES string of the molecule is Cn1ccnc1CNS(=O)(=O)Cc1ccc(C#N)cc1. The first-order chi connectivity index (χ1) is 9.50. The largest absolute Gasteiger partial charge is 0.337 e. The standard InChI is InChI=1S/C13H14N4O2S/c1-17-7-6-15-13(17)9-16-20(18,19)10-12-4-2-11(8-14)3-5-12/h2-7,16H,9-10H2,1H3. The van der Waals surface area contributed by atoms with Crippen molar-refractivity contribution in [3.05, 3.63) is 53.6 Å². The fourth-order valence-electron chi connectivity index (χ4n) is 1.69. The average molecular weight is 290 g/mol.